The van der Waals surface area contributed by atoms with Gasteiger partial charge in [-0.1, -0.05) is 36.4 Å². The number of hydrogen-bond donors (Lipinski definition) is 0. The molecule has 2 aromatic rings. The number of rotatable bonds is 5. The van der Waals surface area contributed by atoms with Crippen molar-refractivity contribution >= 4 is 27.8 Å². The largest absolute Gasteiger partial charge is 0.493 e. The first-order chi connectivity index (χ1) is 10.2. The number of allylic oxidation sites excluding steroid dienone is 1. The number of benzene rings is 2. The van der Waals surface area contributed by atoms with Gasteiger partial charge >= 0.3 is 0 Å². The zero-order valence-electron chi connectivity index (χ0n) is 11.8. The van der Waals surface area contributed by atoms with E-state index in [0.717, 1.165) is 5.56 Å². The minimum absolute atomic E-state index is 0.105. The van der Waals surface area contributed by atoms with Crippen LogP contribution in [-0.2, 0) is 0 Å². The first-order valence-electron chi connectivity index (χ1n) is 6.34. The van der Waals surface area contributed by atoms with Crippen LogP contribution in [0.3, 0.4) is 0 Å². The van der Waals surface area contributed by atoms with E-state index < -0.39 is 0 Å². The molecule has 2 aromatic carbocycles. The predicted octanol–water partition coefficient (Wildman–Crippen LogP) is 4.36. The van der Waals surface area contributed by atoms with E-state index in [2.05, 4.69) is 15.9 Å². The Morgan fingerprint density at radius 1 is 1.05 bits per heavy atom. The average molecular weight is 347 g/mol. The SMILES string of the molecule is COc1cc(Br)c(C(=O)C=Cc2ccccc2)cc1OC. The number of hydrogen-bond acceptors (Lipinski definition) is 3. The van der Waals surface area contributed by atoms with Crippen LogP contribution in [0.25, 0.3) is 6.08 Å². The molecule has 0 aliphatic heterocycles. The van der Waals surface area contributed by atoms with Gasteiger partial charge in [-0.3, -0.25) is 4.79 Å². The van der Waals surface area contributed by atoms with Crippen LogP contribution in [0.5, 0.6) is 11.5 Å². The quantitative estimate of drug-likeness (QED) is 0.595. The van der Waals surface area contributed by atoms with Gasteiger partial charge in [-0.05, 0) is 39.7 Å². The highest BCUT2D eigenvalue weighted by Gasteiger charge is 2.13. The molecule has 0 saturated heterocycles. The van der Waals surface area contributed by atoms with Gasteiger partial charge < -0.3 is 9.47 Å². The van der Waals surface area contributed by atoms with Crippen LogP contribution in [0, 0.1) is 0 Å². The van der Waals surface area contributed by atoms with Crippen LogP contribution in [0.15, 0.2) is 53.0 Å². The number of ketones is 1. The van der Waals surface area contributed by atoms with Crippen molar-refractivity contribution in [1.82, 2.24) is 0 Å². The second-order valence-corrected chi connectivity index (χ2v) is 5.15. The second-order valence-electron chi connectivity index (χ2n) is 4.30. The van der Waals surface area contributed by atoms with Crippen molar-refractivity contribution < 1.29 is 14.3 Å². The maximum atomic E-state index is 12.3. The lowest BCUT2D eigenvalue weighted by molar-refractivity contribution is 0.104. The Morgan fingerprint density at radius 3 is 2.29 bits per heavy atom. The molecule has 0 amide bonds. The van der Waals surface area contributed by atoms with Crippen LogP contribution >= 0.6 is 15.9 Å². The Hall–Kier alpha value is -2.07. The fourth-order valence-electron chi connectivity index (χ4n) is 1.87. The zero-order valence-corrected chi connectivity index (χ0v) is 13.4. The third-order valence-corrected chi connectivity index (χ3v) is 3.62. The van der Waals surface area contributed by atoms with E-state index >= 15 is 0 Å². The van der Waals surface area contributed by atoms with Crippen molar-refractivity contribution in [3.05, 3.63) is 64.1 Å². The minimum Gasteiger partial charge on any atom is -0.493 e. The van der Waals surface area contributed by atoms with Crippen LogP contribution in [0.2, 0.25) is 0 Å². The van der Waals surface area contributed by atoms with E-state index in [0.29, 0.717) is 21.5 Å². The summed E-state index contributed by atoms with van der Waals surface area (Å²) in [5.74, 6) is 0.997. The maximum absolute atomic E-state index is 12.3. The van der Waals surface area contributed by atoms with Gasteiger partial charge in [-0.25, -0.2) is 0 Å². The molecule has 0 atom stereocenters. The lowest BCUT2D eigenvalue weighted by Crippen LogP contribution is -1.99. The van der Waals surface area contributed by atoms with Crippen molar-refractivity contribution in [3.63, 3.8) is 0 Å². The zero-order chi connectivity index (χ0) is 15.2. The van der Waals surface area contributed by atoms with Crippen LogP contribution in [-0.4, -0.2) is 20.0 Å². The standard InChI is InChI=1S/C17H15BrO3/c1-20-16-10-13(14(18)11-17(16)21-2)15(19)9-8-12-6-4-3-5-7-12/h3-11H,1-2H3. The van der Waals surface area contributed by atoms with E-state index in [1.54, 1.807) is 38.5 Å². The summed E-state index contributed by atoms with van der Waals surface area (Å²) >= 11 is 3.39. The predicted molar refractivity (Wildman–Crippen MR) is 87.1 cm³/mol. The number of methoxy groups -OCH3 is 2. The molecule has 0 N–H and O–H groups in total. The molecule has 0 radical (unpaired) electrons. The van der Waals surface area contributed by atoms with Gasteiger partial charge in [0.2, 0.25) is 0 Å². The average Bonchev–Trinajstić information content (AvgIpc) is 2.53. The highest BCUT2D eigenvalue weighted by atomic mass is 79.9. The van der Waals surface area contributed by atoms with Gasteiger partial charge in [-0.15, -0.1) is 0 Å². The smallest absolute Gasteiger partial charge is 0.187 e. The van der Waals surface area contributed by atoms with Gasteiger partial charge in [0.1, 0.15) is 0 Å². The molecule has 21 heavy (non-hydrogen) atoms. The number of ether oxygens (including phenoxy) is 2. The number of carbonyl (C=O) groups is 1. The molecule has 0 saturated carbocycles. The summed E-state index contributed by atoms with van der Waals surface area (Å²) < 4.78 is 11.1. The highest BCUT2D eigenvalue weighted by Crippen LogP contribution is 2.33. The molecule has 108 valence electrons. The molecule has 0 heterocycles. The molecule has 0 aliphatic carbocycles. The molecule has 2 rings (SSSR count). The summed E-state index contributed by atoms with van der Waals surface area (Å²) in [7, 11) is 3.10. The molecule has 0 fully saturated rings. The fourth-order valence-corrected chi connectivity index (χ4v) is 2.39. The molecular weight excluding hydrogens is 332 g/mol. The van der Waals surface area contributed by atoms with Crippen molar-refractivity contribution in [2.45, 2.75) is 0 Å². The van der Waals surface area contributed by atoms with Crippen molar-refractivity contribution in [3.8, 4) is 11.5 Å². The topological polar surface area (TPSA) is 35.5 Å². The van der Waals surface area contributed by atoms with Crippen molar-refractivity contribution in [1.29, 1.82) is 0 Å². The normalized spacial score (nSPS) is 10.6. The van der Waals surface area contributed by atoms with E-state index in [9.17, 15) is 4.79 Å². The monoisotopic (exact) mass is 346 g/mol. The van der Waals surface area contributed by atoms with Gasteiger partial charge in [0, 0.05) is 10.0 Å². The first kappa shape index (κ1) is 15.3. The molecule has 0 unspecified atom stereocenters. The van der Waals surface area contributed by atoms with Crippen molar-refractivity contribution in [2.75, 3.05) is 14.2 Å². The molecule has 0 bridgehead atoms. The summed E-state index contributed by atoms with van der Waals surface area (Å²) in [6.07, 6.45) is 3.33. The second kappa shape index (κ2) is 7.09. The Bertz CT molecular complexity index is 663. The number of carbonyl (C=O) groups excluding carboxylic acids is 1. The molecule has 0 aromatic heterocycles. The van der Waals surface area contributed by atoms with Gasteiger partial charge in [-0.2, -0.15) is 0 Å². The summed E-state index contributed by atoms with van der Waals surface area (Å²) in [5.41, 5.74) is 1.50. The summed E-state index contributed by atoms with van der Waals surface area (Å²) in [6, 6.07) is 13.1. The van der Waals surface area contributed by atoms with Crippen LogP contribution < -0.4 is 9.47 Å². The fraction of sp³-hybridized carbons (Fsp3) is 0.118. The molecule has 0 spiro atoms. The third kappa shape index (κ3) is 3.73. The Morgan fingerprint density at radius 2 is 1.67 bits per heavy atom. The van der Waals surface area contributed by atoms with Crippen LogP contribution in [0.4, 0.5) is 0 Å². The molecule has 4 heteroatoms. The Kier molecular flexibility index (Phi) is 5.17. The van der Waals surface area contributed by atoms with E-state index in [1.807, 2.05) is 30.3 Å². The number of halogens is 1. The lowest BCUT2D eigenvalue weighted by atomic mass is 10.1. The van der Waals surface area contributed by atoms with Gasteiger partial charge in [0.25, 0.3) is 0 Å². The summed E-state index contributed by atoms with van der Waals surface area (Å²) in [6.45, 7) is 0. The Balaban J connectivity index is 2.29. The van der Waals surface area contributed by atoms with E-state index in [4.69, 9.17) is 9.47 Å². The minimum atomic E-state index is -0.105. The van der Waals surface area contributed by atoms with E-state index in [-0.39, 0.29) is 5.78 Å². The summed E-state index contributed by atoms with van der Waals surface area (Å²) in [4.78, 5) is 12.3. The summed E-state index contributed by atoms with van der Waals surface area (Å²) in [5, 5.41) is 0. The maximum Gasteiger partial charge on any atom is 0.187 e. The van der Waals surface area contributed by atoms with Crippen molar-refractivity contribution in [2.24, 2.45) is 0 Å². The van der Waals surface area contributed by atoms with Crippen LogP contribution in [0.1, 0.15) is 15.9 Å². The molecular formula is C17H15BrO3. The lowest BCUT2D eigenvalue weighted by Gasteiger charge is -2.10. The first-order valence-corrected chi connectivity index (χ1v) is 7.14. The Labute approximate surface area is 132 Å². The van der Waals surface area contributed by atoms with Gasteiger partial charge in [0.05, 0.1) is 14.2 Å². The highest BCUT2D eigenvalue weighted by molar-refractivity contribution is 9.10. The third-order valence-electron chi connectivity index (χ3n) is 2.97. The molecule has 3 nitrogen and oxygen atoms in total. The van der Waals surface area contributed by atoms with Gasteiger partial charge in [0.15, 0.2) is 17.3 Å². The molecule has 0 aliphatic rings. The van der Waals surface area contributed by atoms with E-state index in [1.165, 1.54) is 0 Å².